The van der Waals surface area contributed by atoms with Crippen molar-refractivity contribution in [1.82, 2.24) is 15.5 Å². The molecule has 2 unspecified atom stereocenters. The summed E-state index contributed by atoms with van der Waals surface area (Å²) in [5.74, 6) is 0.978. The highest BCUT2D eigenvalue weighted by Gasteiger charge is 2.20. The van der Waals surface area contributed by atoms with E-state index in [0.29, 0.717) is 11.8 Å². The van der Waals surface area contributed by atoms with Crippen LogP contribution in [0.25, 0.3) is 0 Å². The smallest absolute Gasteiger partial charge is 0.233 e. The minimum atomic E-state index is 0.198. The van der Waals surface area contributed by atoms with E-state index < -0.39 is 0 Å². The maximum absolute atomic E-state index is 5.13. The van der Waals surface area contributed by atoms with Crippen molar-refractivity contribution in [2.24, 2.45) is 5.92 Å². The lowest BCUT2D eigenvalue weighted by Gasteiger charge is -2.23. The van der Waals surface area contributed by atoms with Crippen LogP contribution < -0.4 is 10.1 Å². The average Bonchev–Trinajstić information content (AvgIpc) is 2.42. The van der Waals surface area contributed by atoms with Crippen molar-refractivity contribution in [2.45, 2.75) is 26.3 Å². The van der Waals surface area contributed by atoms with Gasteiger partial charge in [-0.05, 0) is 24.9 Å². The van der Waals surface area contributed by atoms with Crippen LogP contribution in [0.2, 0.25) is 0 Å². The highest BCUT2D eigenvalue weighted by molar-refractivity contribution is 5.14. The number of hydrogen-bond donors (Lipinski definition) is 1. The summed E-state index contributed by atoms with van der Waals surface area (Å²) in [5.41, 5.74) is 0.946. The van der Waals surface area contributed by atoms with E-state index in [1.807, 2.05) is 12.1 Å². The molecular formula is C13H23N3O2. The quantitative estimate of drug-likeness (QED) is 0.765. The fourth-order valence-electron chi connectivity index (χ4n) is 1.89. The number of nitrogens with zero attached hydrogens (tertiary/aromatic N) is 2. The van der Waals surface area contributed by atoms with E-state index in [2.05, 4.69) is 29.4 Å². The second-order valence-electron chi connectivity index (χ2n) is 4.29. The van der Waals surface area contributed by atoms with E-state index in [9.17, 15) is 0 Å². The molecule has 1 rings (SSSR count). The normalized spacial score (nSPS) is 14.2. The Morgan fingerprint density at radius 3 is 2.56 bits per heavy atom. The van der Waals surface area contributed by atoms with Gasteiger partial charge >= 0.3 is 0 Å². The van der Waals surface area contributed by atoms with Gasteiger partial charge in [0, 0.05) is 19.8 Å². The molecule has 18 heavy (non-hydrogen) atoms. The molecule has 0 spiro atoms. The van der Waals surface area contributed by atoms with Crippen molar-refractivity contribution in [3.05, 3.63) is 17.8 Å². The zero-order valence-electron chi connectivity index (χ0n) is 11.6. The molecule has 2 atom stereocenters. The summed E-state index contributed by atoms with van der Waals surface area (Å²) >= 11 is 0. The molecule has 1 heterocycles. The van der Waals surface area contributed by atoms with Crippen molar-refractivity contribution in [2.75, 3.05) is 27.4 Å². The first-order valence-corrected chi connectivity index (χ1v) is 6.32. The minimum Gasteiger partial charge on any atom is -0.480 e. The third-order valence-electron chi connectivity index (χ3n) is 2.96. The molecule has 1 aromatic rings. The minimum absolute atomic E-state index is 0.198. The van der Waals surface area contributed by atoms with E-state index in [1.54, 1.807) is 14.2 Å². The first kappa shape index (κ1) is 14.9. The van der Waals surface area contributed by atoms with Crippen LogP contribution in [0, 0.1) is 5.92 Å². The second kappa shape index (κ2) is 8.00. The Bertz CT molecular complexity index is 330. The number of aromatic nitrogens is 2. The molecule has 0 saturated heterocycles. The maximum atomic E-state index is 5.13. The lowest BCUT2D eigenvalue weighted by atomic mass is 9.95. The highest BCUT2D eigenvalue weighted by Crippen LogP contribution is 2.23. The van der Waals surface area contributed by atoms with Crippen LogP contribution in [-0.4, -0.2) is 37.6 Å². The van der Waals surface area contributed by atoms with Crippen molar-refractivity contribution >= 4 is 0 Å². The van der Waals surface area contributed by atoms with Gasteiger partial charge in [-0.2, -0.15) is 5.10 Å². The van der Waals surface area contributed by atoms with Crippen LogP contribution >= 0.6 is 0 Å². The van der Waals surface area contributed by atoms with E-state index in [1.165, 1.54) is 0 Å². The monoisotopic (exact) mass is 253 g/mol. The summed E-state index contributed by atoms with van der Waals surface area (Å²) in [6, 6.07) is 4.00. The highest BCUT2D eigenvalue weighted by atomic mass is 16.5. The van der Waals surface area contributed by atoms with E-state index in [-0.39, 0.29) is 6.04 Å². The predicted octanol–water partition coefficient (Wildman–Crippen LogP) is 1.81. The summed E-state index contributed by atoms with van der Waals surface area (Å²) in [5, 5.41) is 11.7. The van der Waals surface area contributed by atoms with Crippen LogP contribution in [0.5, 0.6) is 5.88 Å². The van der Waals surface area contributed by atoms with Gasteiger partial charge in [0.15, 0.2) is 0 Å². The molecule has 0 aliphatic carbocycles. The van der Waals surface area contributed by atoms with Gasteiger partial charge in [-0.25, -0.2) is 0 Å². The van der Waals surface area contributed by atoms with Gasteiger partial charge < -0.3 is 14.8 Å². The number of methoxy groups -OCH3 is 2. The van der Waals surface area contributed by atoms with Crippen LogP contribution in [0.4, 0.5) is 0 Å². The molecule has 0 aliphatic rings. The standard InChI is InChI=1S/C13H23N3O2/c1-5-14-13(10(2)8-9-17-3)11-6-7-12(18-4)16-15-11/h6-7,10,13-14H,5,8-9H2,1-4H3. The van der Waals surface area contributed by atoms with E-state index in [0.717, 1.165) is 25.3 Å². The molecule has 5 nitrogen and oxygen atoms in total. The van der Waals surface area contributed by atoms with Gasteiger partial charge in [-0.1, -0.05) is 13.8 Å². The molecule has 0 aromatic carbocycles. The summed E-state index contributed by atoms with van der Waals surface area (Å²) in [4.78, 5) is 0. The van der Waals surface area contributed by atoms with Crippen LogP contribution in [0.15, 0.2) is 12.1 Å². The van der Waals surface area contributed by atoms with Gasteiger partial charge in [0.2, 0.25) is 5.88 Å². The van der Waals surface area contributed by atoms with Gasteiger partial charge in [0.25, 0.3) is 0 Å². The van der Waals surface area contributed by atoms with Crippen molar-refractivity contribution < 1.29 is 9.47 Å². The molecule has 102 valence electrons. The fraction of sp³-hybridized carbons (Fsp3) is 0.692. The Morgan fingerprint density at radius 1 is 1.28 bits per heavy atom. The Hall–Kier alpha value is -1.20. The number of hydrogen-bond acceptors (Lipinski definition) is 5. The van der Waals surface area contributed by atoms with E-state index in [4.69, 9.17) is 9.47 Å². The number of nitrogens with one attached hydrogen (secondary N) is 1. The Kier molecular flexibility index (Phi) is 6.60. The first-order valence-electron chi connectivity index (χ1n) is 6.32. The van der Waals surface area contributed by atoms with Crippen LogP contribution in [-0.2, 0) is 4.74 Å². The molecule has 0 amide bonds. The largest absolute Gasteiger partial charge is 0.480 e. The third kappa shape index (κ3) is 4.23. The molecular weight excluding hydrogens is 230 g/mol. The number of ether oxygens (including phenoxy) is 2. The Balaban J connectivity index is 2.75. The fourth-order valence-corrected chi connectivity index (χ4v) is 1.89. The molecule has 0 radical (unpaired) electrons. The lowest BCUT2D eigenvalue weighted by Crippen LogP contribution is -2.28. The van der Waals surface area contributed by atoms with Gasteiger partial charge in [0.05, 0.1) is 18.8 Å². The van der Waals surface area contributed by atoms with Crippen molar-refractivity contribution in [1.29, 1.82) is 0 Å². The van der Waals surface area contributed by atoms with Gasteiger partial charge in [0.1, 0.15) is 0 Å². The Morgan fingerprint density at radius 2 is 2.06 bits per heavy atom. The Labute approximate surface area is 109 Å². The zero-order chi connectivity index (χ0) is 13.4. The molecule has 1 N–H and O–H groups in total. The summed E-state index contributed by atoms with van der Waals surface area (Å²) in [6.07, 6.45) is 0.988. The second-order valence-corrected chi connectivity index (χ2v) is 4.29. The van der Waals surface area contributed by atoms with Crippen molar-refractivity contribution in [3.8, 4) is 5.88 Å². The summed E-state index contributed by atoms with van der Waals surface area (Å²) in [6.45, 7) is 5.94. The van der Waals surface area contributed by atoms with Crippen molar-refractivity contribution in [3.63, 3.8) is 0 Å². The predicted molar refractivity (Wildman–Crippen MR) is 70.7 cm³/mol. The molecule has 0 aliphatic heterocycles. The van der Waals surface area contributed by atoms with Crippen LogP contribution in [0.3, 0.4) is 0 Å². The molecule has 1 aromatic heterocycles. The molecule has 5 heteroatoms. The molecule has 0 bridgehead atoms. The van der Waals surface area contributed by atoms with Gasteiger partial charge in [-0.3, -0.25) is 0 Å². The lowest BCUT2D eigenvalue weighted by molar-refractivity contribution is 0.169. The summed E-state index contributed by atoms with van der Waals surface area (Å²) < 4.78 is 10.1. The topological polar surface area (TPSA) is 56.3 Å². The zero-order valence-corrected chi connectivity index (χ0v) is 11.6. The third-order valence-corrected chi connectivity index (χ3v) is 2.96. The SMILES string of the molecule is CCNC(c1ccc(OC)nn1)C(C)CCOC. The first-order chi connectivity index (χ1) is 8.72. The van der Waals surface area contributed by atoms with E-state index >= 15 is 0 Å². The van der Waals surface area contributed by atoms with Crippen LogP contribution in [0.1, 0.15) is 32.0 Å². The molecule has 0 fully saturated rings. The summed E-state index contributed by atoms with van der Waals surface area (Å²) in [7, 11) is 3.31. The maximum Gasteiger partial charge on any atom is 0.233 e. The average molecular weight is 253 g/mol. The molecule has 0 saturated carbocycles. The number of rotatable bonds is 8. The van der Waals surface area contributed by atoms with Gasteiger partial charge in [-0.15, -0.1) is 5.10 Å².